The van der Waals surface area contributed by atoms with Crippen LogP contribution in [0.4, 0.5) is 0 Å². The van der Waals surface area contributed by atoms with Crippen molar-refractivity contribution >= 4 is 17.1 Å². The van der Waals surface area contributed by atoms with Crippen molar-refractivity contribution in [3.63, 3.8) is 0 Å². The van der Waals surface area contributed by atoms with Gasteiger partial charge in [-0.1, -0.05) is 13.3 Å². The minimum Gasteiger partial charge on any atom is -0.476 e. The second-order valence-electron chi connectivity index (χ2n) is 6.27. The van der Waals surface area contributed by atoms with Crippen molar-refractivity contribution in [2.75, 3.05) is 13.2 Å². The summed E-state index contributed by atoms with van der Waals surface area (Å²) in [5.41, 5.74) is 0.837. The third-order valence-electron chi connectivity index (χ3n) is 4.36. The van der Waals surface area contributed by atoms with E-state index in [1.165, 1.54) is 17.2 Å². The van der Waals surface area contributed by atoms with Crippen molar-refractivity contribution in [1.29, 1.82) is 0 Å². The zero-order chi connectivity index (χ0) is 19.4. The van der Waals surface area contributed by atoms with Gasteiger partial charge in [0, 0.05) is 6.42 Å². The Bertz CT molecular complexity index is 782. The van der Waals surface area contributed by atoms with Crippen LogP contribution in [0.15, 0.2) is 12.7 Å². The predicted molar refractivity (Wildman–Crippen MR) is 92.9 cm³/mol. The van der Waals surface area contributed by atoms with E-state index in [-0.39, 0.29) is 12.6 Å². The van der Waals surface area contributed by atoms with Crippen LogP contribution in [-0.4, -0.2) is 67.2 Å². The molecule has 2 aromatic heterocycles. The summed E-state index contributed by atoms with van der Waals surface area (Å²) >= 11 is 0. The summed E-state index contributed by atoms with van der Waals surface area (Å²) in [7, 11) is 0. The highest BCUT2D eigenvalue weighted by Crippen LogP contribution is 2.32. The van der Waals surface area contributed by atoms with Crippen LogP contribution in [0.25, 0.3) is 11.2 Å². The number of fused-ring (bicyclic) bond motifs is 1. The van der Waals surface area contributed by atoms with Crippen molar-refractivity contribution < 1.29 is 29.2 Å². The van der Waals surface area contributed by atoms with E-state index >= 15 is 0 Å². The number of imidazole rings is 1. The Morgan fingerprint density at radius 1 is 1.26 bits per heavy atom. The molecule has 0 aliphatic carbocycles. The molecule has 3 heterocycles. The van der Waals surface area contributed by atoms with Gasteiger partial charge < -0.3 is 24.4 Å². The largest absolute Gasteiger partial charge is 0.476 e. The SMILES string of the molecule is CCCCC(=O)OC[C@H]1O[C@@H](n2cnc3c(OCC)ncnc32)[C@H](O)[C@@H]1O. The van der Waals surface area contributed by atoms with Crippen LogP contribution < -0.4 is 4.74 Å². The Kier molecular flexibility index (Phi) is 6.19. The number of aromatic nitrogens is 4. The third kappa shape index (κ3) is 4.02. The van der Waals surface area contributed by atoms with Crippen LogP contribution >= 0.6 is 0 Å². The van der Waals surface area contributed by atoms with Crippen LogP contribution in [0, 0.1) is 0 Å². The monoisotopic (exact) mass is 380 g/mol. The molecule has 2 aromatic rings. The van der Waals surface area contributed by atoms with Gasteiger partial charge in [0.15, 0.2) is 17.4 Å². The zero-order valence-corrected chi connectivity index (χ0v) is 15.3. The second-order valence-corrected chi connectivity index (χ2v) is 6.27. The molecule has 2 N–H and O–H groups in total. The van der Waals surface area contributed by atoms with E-state index in [9.17, 15) is 15.0 Å². The summed E-state index contributed by atoms with van der Waals surface area (Å²) < 4.78 is 17.8. The van der Waals surface area contributed by atoms with E-state index in [4.69, 9.17) is 14.2 Å². The number of unbranched alkanes of at least 4 members (excludes halogenated alkanes) is 1. The number of hydrogen-bond donors (Lipinski definition) is 2. The lowest BCUT2D eigenvalue weighted by atomic mass is 10.1. The molecule has 27 heavy (non-hydrogen) atoms. The predicted octanol–water partition coefficient (Wildman–Crippen LogP) is 0.578. The van der Waals surface area contributed by atoms with Gasteiger partial charge in [-0.3, -0.25) is 9.36 Å². The highest BCUT2D eigenvalue weighted by Gasteiger charge is 2.45. The summed E-state index contributed by atoms with van der Waals surface area (Å²) in [5, 5.41) is 20.7. The zero-order valence-electron chi connectivity index (χ0n) is 15.3. The highest BCUT2D eigenvalue weighted by atomic mass is 16.6. The molecule has 0 bridgehead atoms. The van der Waals surface area contributed by atoms with E-state index in [1.807, 2.05) is 13.8 Å². The second kappa shape index (κ2) is 8.59. The van der Waals surface area contributed by atoms with Crippen molar-refractivity contribution in [1.82, 2.24) is 19.5 Å². The fourth-order valence-electron chi connectivity index (χ4n) is 2.92. The number of rotatable bonds is 8. The number of esters is 1. The van der Waals surface area contributed by atoms with Gasteiger partial charge in [0.05, 0.1) is 12.9 Å². The molecule has 3 rings (SSSR count). The first-order valence-electron chi connectivity index (χ1n) is 9.04. The molecule has 1 saturated heterocycles. The minimum atomic E-state index is -1.23. The maximum Gasteiger partial charge on any atom is 0.305 e. The Hall–Kier alpha value is -2.30. The Morgan fingerprint density at radius 2 is 2.07 bits per heavy atom. The summed E-state index contributed by atoms with van der Waals surface area (Å²) in [4.78, 5) is 24.1. The van der Waals surface area contributed by atoms with Crippen molar-refractivity contribution in [3.8, 4) is 5.88 Å². The molecular formula is C17H24N4O6. The summed E-state index contributed by atoms with van der Waals surface area (Å²) in [6, 6.07) is 0. The molecule has 10 heteroatoms. The molecule has 0 spiro atoms. The van der Waals surface area contributed by atoms with Crippen molar-refractivity contribution in [3.05, 3.63) is 12.7 Å². The normalized spacial score (nSPS) is 25.0. The first-order valence-corrected chi connectivity index (χ1v) is 9.04. The molecule has 0 unspecified atom stereocenters. The number of hydrogen-bond acceptors (Lipinski definition) is 9. The number of carbonyl (C=O) groups excluding carboxylic acids is 1. The Labute approximate surface area is 156 Å². The quantitative estimate of drug-likeness (QED) is 0.632. The number of aliphatic hydroxyl groups is 2. The van der Waals surface area contributed by atoms with E-state index in [1.54, 1.807) is 0 Å². The van der Waals surface area contributed by atoms with Gasteiger partial charge in [0.1, 0.15) is 31.2 Å². The van der Waals surface area contributed by atoms with E-state index < -0.39 is 24.5 Å². The van der Waals surface area contributed by atoms with Crippen LogP contribution in [0.1, 0.15) is 39.3 Å². The topological polar surface area (TPSA) is 129 Å². The van der Waals surface area contributed by atoms with Gasteiger partial charge in [-0.25, -0.2) is 9.97 Å². The molecule has 0 amide bonds. The average molecular weight is 380 g/mol. The number of carbonyl (C=O) groups is 1. The summed E-state index contributed by atoms with van der Waals surface area (Å²) in [6.45, 7) is 4.10. The maximum absolute atomic E-state index is 11.7. The molecular weight excluding hydrogens is 356 g/mol. The lowest BCUT2D eigenvalue weighted by Crippen LogP contribution is -2.34. The van der Waals surface area contributed by atoms with Gasteiger partial charge in [0.25, 0.3) is 0 Å². The number of ether oxygens (including phenoxy) is 3. The summed E-state index contributed by atoms with van der Waals surface area (Å²) in [5.74, 6) is -0.0246. The van der Waals surface area contributed by atoms with E-state index in [0.29, 0.717) is 30.1 Å². The van der Waals surface area contributed by atoms with E-state index in [0.717, 1.165) is 12.8 Å². The first-order chi connectivity index (χ1) is 13.1. The van der Waals surface area contributed by atoms with Crippen LogP contribution in [0.2, 0.25) is 0 Å². The number of aliphatic hydroxyl groups excluding tert-OH is 2. The van der Waals surface area contributed by atoms with Crippen LogP contribution in [0.3, 0.4) is 0 Å². The first kappa shape index (κ1) is 19.5. The van der Waals surface area contributed by atoms with Gasteiger partial charge in [-0.15, -0.1) is 0 Å². The molecule has 4 atom stereocenters. The molecule has 1 aliphatic rings. The molecule has 0 radical (unpaired) electrons. The number of nitrogens with zero attached hydrogens (tertiary/aromatic N) is 4. The van der Waals surface area contributed by atoms with Crippen molar-refractivity contribution in [2.24, 2.45) is 0 Å². The minimum absolute atomic E-state index is 0.136. The lowest BCUT2D eigenvalue weighted by Gasteiger charge is -2.16. The Morgan fingerprint density at radius 3 is 2.81 bits per heavy atom. The fourth-order valence-corrected chi connectivity index (χ4v) is 2.92. The standard InChI is InChI=1S/C17H24N4O6/c1-3-5-6-11(22)26-7-10-13(23)14(24)17(27-10)21-9-20-12-15(21)18-8-19-16(12)25-4-2/h8-10,13-14,17,23-24H,3-7H2,1-2H3/t10-,13-,14-,17-/m1/s1. The molecule has 1 aliphatic heterocycles. The molecule has 0 saturated carbocycles. The maximum atomic E-state index is 11.7. The smallest absolute Gasteiger partial charge is 0.305 e. The average Bonchev–Trinajstić information content (AvgIpc) is 3.21. The van der Waals surface area contributed by atoms with Crippen LogP contribution in [-0.2, 0) is 14.3 Å². The molecule has 1 fully saturated rings. The highest BCUT2D eigenvalue weighted by molar-refractivity contribution is 5.76. The molecule has 0 aromatic carbocycles. The van der Waals surface area contributed by atoms with Gasteiger partial charge in [0.2, 0.25) is 5.88 Å². The Balaban J connectivity index is 1.73. The van der Waals surface area contributed by atoms with Gasteiger partial charge in [-0.2, -0.15) is 4.98 Å². The van der Waals surface area contributed by atoms with Crippen molar-refractivity contribution in [2.45, 2.75) is 57.6 Å². The van der Waals surface area contributed by atoms with Crippen LogP contribution in [0.5, 0.6) is 5.88 Å². The summed E-state index contributed by atoms with van der Waals surface area (Å²) in [6.07, 6.45) is 0.503. The van der Waals surface area contributed by atoms with Gasteiger partial charge in [-0.05, 0) is 13.3 Å². The van der Waals surface area contributed by atoms with Gasteiger partial charge >= 0.3 is 5.97 Å². The fraction of sp³-hybridized carbons (Fsp3) is 0.647. The molecule has 148 valence electrons. The third-order valence-corrected chi connectivity index (χ3v) is 4.36. The lowest BCUT2D eigenvalue weighted by molar-refractivity contribution is -0.150. The van der Waals surface area contributed by atoms with E-state index in [2.05, 4.69) is 15.0 Å². The molecule has 10 nitrogen and oxygen atoms in total.